The van der Waals surface area contributed by atoms with Gasteiger partial charge in [-0.25, -0.2) is 4.98 Å². The van der Waals surface area contributed by atoms with E-state index >= 15 is 0 Å². The highest BCUT2D eigenvalue weighted by molar-refractivity contribution is 5.43. The fourth-order valence-electron chi connectivity index (χ4n) is 2.49. The summed E-state index contributed by atoms with van der Waals surface area (Å²) in [6.45, 7) is 1.90. The number of benzene rings is 1. The van der Waals surface area contributed by atoms with E-state index in [9.17, 15) is 10.1 Å². The molecule has 1 aromatic carbocycles. The maximum Gasteiger partial charge on any atom is 0.272 e. The van der Waals surface area contributed by atoms with Gasteiger partial charge in [-0.15, -0.1) is 0 Å². The first-order chi connectivity index (χ1) is 11.6. The Balaban J connectivity index is 1.98. The Kier molecular flexibility index (Phi) is 4.24. The van der Waals surface area contributed by atoms with E-state index in [-0.39, 0.29) is 10.6 Å². The molecular formula is C17H16N4O3. The van der Waals surface area contributed by atoms with E-state index in [4.69, 9.17) is 4.74 Å². The first kappa shape index (κ1) is 15.7. The lowest BCUT2D eigenvalue weighted by molar-refractivity contribution is -0.385. The van der Waals surface area contributed by atoms with Gasteiger partial charge in [0.1, 0.15) is 0 Å². The van der Waals surface area contributed by atoms with Crippen molar-refractivity contribution in [3.63, 3.8) is 0 Å². The number of hydrogen-bond donors (Lipinski definition) is 0. The number of aryl methyl sites for hydroxylation is 1. The van der Waals surface area contributed by atoms with E-state index in [0.717, 1.165) is 5.69 Å². The third-order valence-corrected chi connectivity index (χ3v) is 3.59. The Hall–Kier alpha value is -3.22. The molecular weight excluding hydrogens is 308 g/mol. The molecule has 7 nitrogen and oxygen atoms in total. The Morgan fingerprint density at radius 1 is 1.21 bits per heavy atom. The second-order valence-corrected chi connectivity index (χ2v) is 5.29. The Morgan fingerprint density at radius 3 is 2.71 bits per heavy atom. The number of hydrogen-bond acceptors (Lipinski definition) is 5. The number of para-hydroxylation sites is 1. The molecule has 0 aliphatic carbocycles. The smallest absolute Gasteiger partial charge is 0.272 e. The molecule has 0 fully saturated rings. The zero-order chi connectivity index (χ0) is 17.1. The molecule has 0 saturated carbocycles. The largest absolute Gasteiger partial charge is 0.481 e. The van der Waals surface area contributed by atoms with Gasteiger partial charge in [0.2, 0.25) is 5.88 Å². The summed E-state index contributed by atoms with van der Waals surface area (Å²) in [5, 5.41) is 15.6. The number of aromatic nitrogens is 3. The van der Waals surface area contributed by atoms with Crippen LogP contribution in [0.3, 0.4) is 0 Å². The Bertz CT molecular complexity index is 889. The van der Waals surface area contributed by atoms with Crippen molar-refractivity contribution in [1.82, 2.24) is 14.8 Å². The lowest BCUT2D eigenvalue weighted by Gasteiger charge is -2.05. The molecule has 2 heterocycles. The van der Waals surface area contributed by atoms with Crippen LogP contribution in [0.4, 0.5) is 5.69 Å². The molecule has 0 aliphatic heterocycles. The highest BCUT2D eigenvalue weighted by Crippen LogP contribution is 2.24. The quantitative estimate of drug-likeness (QED) is 0.532. The van der Waals surface area contributed by atoms with Gasteiger partial charge >= 0.3 is 0 Å². The van der Waals surface area contributed by atoms with Crippen molar-refractivity contribution >= 4 is 5.69 Å². The van der Waals surface area contributed by atoms with Gasteiger partial charge in [-0.2, -0.15) is 9.78 Å². The zero-order valence-corrected chi connectivity index (χ0v) is 13.3. The molecule has 2 aromatic heterocycles. The first-order valence-corrected chi connectivity index (χ1v) is 7.37. The summed E-state index contributed by atoms with van der Waals surface area (Å²) < 4.78 is 6.96. The van der Waals surface area contributed by atoms with Crippen LogP contribution in [0.5, 0.6) is 5.88 Å². The van der Waals surface area contributed by atoms with Crippen molar-refractivity contribution in [3.05, 3.63) is 75.6 Å². The van der Waals surface area contributed by atoms with Crippen LogP contribution >= 0.6 is 0 Å². The number of nitrogens with zero attached hydrogens (tertiary/aromatic N) is 4. The summed E-state index contributed by atoms with van der Waals surface area (Å²) in [6.07, 6.45) is 0.340. The van der Waals surface area contributed by atoms with E-state index in [2.05, 4.69) is 10.1 Å². The van der Waals surface area contributed by atoms with Gasteiger partial charge in [0.05, 0.1) is 17.7 Å². The predicted octanol–water partition coefficient (Wildman–Crippen LogP) is 3.08. The van der Waals surface area contributed by atoms with Crippen molar-refractivity contribution < 1.29 is 9.66 Å². The highest BCUT2D eigenvalue weighted by Gasteiger charge is 2.17. The molecule has 0 bridgehead atoms. The minimum absolute atomic E-state index is 0.0831. The van der Waals surface area contributed by atoms with Gasteiger partial charge in [0.15, 0.2) is 5.82 Å². The van der Waals surface area contributed by atoms with Crippen LogP contribution in [0.15, 0.2) is 48.5 Å². The molecule has 122 valence electrons. The van der Waals surface area contributed by atoms with Crippen molar-refractivity contribution in [2.75, 3.05) is 7.11 Å². The van der Waals surface area contributed by atoms with Gasteiger partial charge in [-0.3, -0.25) is 10.1 Å². The van der Waals surface area contributed by atoms with Gasteiger partial charge in [0.25, 0.3) is 5.69 Å². The van der Waals surface area contributed by atoms with Gasteiger partial charge in [0, 0.05) is 29.8 Å². The fourth-order valence-corrected chi connectivity index (χ4v) is 2.49. The number of pyridine rings is 1. The number of ether oxygens (including phenoxy) is 1. The maximum atomic E-state index is 11.1. The van der Waals surface area contributed by atoms with Crippen LogP contribution in [0.1, 0.15) is 17.0 Å². The monoisotopic (exact) mass is 324 g/mol. The number of rotatable bonds is 5. The number of nitro groups is 1. The third kappa shape index (κ3) is 3.10. The Labute approximate surface area is 138 Å². The summed E-state index contributed by atoms with van der Waals surface area (Å²) >= 11 is 0. The molecule has 0 radical (unpaired) electrons. The van der Waals surface area contributed by atoms with Crippen LogP contribution < -0.4 is 4.74 Å². The summed E-state index contributed by atoms with van der Waals surface area (Å²) in [5.41, 5.74) is 2.22. The molecule has 3 rings (SSSR count). The van der Waals surface area contributed by atoms with Crippen LogP contribution in [0, 0.1) is 17.0 Å². The van der Waals surface area contributed by atoms with Gasteiger partial charge in [-0.1, -0.05) is 24.3 Å². The van der Waals surface area contributed by atoms with Crippen LogP contribution in [0.2, 0.25) is 0 Å². The average molecular weight is 324 g/mol. The molecule has 24 heavy (non-hydrogen) atoms. The molecule has 0 N–H and O–H groups in total. The van der Waals surface area contributed by atoms with Crippen molar-refractivity contribution in [2.45, 2.75) is 13.3 Å². The second-order valence-electron chi connectivity index (χ2n) is 5.29. The van der Waals surface area contributed by atoms with Crippen LogP contribution in [-0.2, 0) is 6.42 Å². The standard InChI is InChI=1S/C17H16N4O3/c1-12-6-5-9-16(18-12)20-17(24-2)11-14(19-20)10-13-7-3-4-8-15(13)21(22)23/h3-9,11H,10H2,1-2H3. The Morgan fingerprint density at radius 2 is 2.00 bits per heavy atom. The third-order valence-electron chi connectivity index (χ3n) is 3.59. The lowest BCUT2D eigenvalue weighted by atomic mass is 10.1. The average Bonchev–Trinajstić information content (AvgIpc) is 2.98. The minimum atomic E-state index is -0.383. The van der Waals surface area contributed by atoms with E-state index in [0.29, 0.717) is 29.4 Å². The molecule has 0 spiro atoms. The highest BCUT2D eigenvalue weighted by atomic mass is 16.6. The topological polar surface area (TPSA) is 83.1 Å². The molecule has 0 atom stereocenters. The zero-order valence-electron chi connectivity index (χ0n) is 13.3. The van der Waals surface area contributed by atoms with E-state index in [1.807, 2.05) is 25.1 Å². The molecule has 0 saturated heterocycles. The molecule has 0 unspecified atom stereocenters. The summed E-state index contributed by atoms with van der Waals surface area (Å²) in [7, 11) is 1.55. The second kappa shape index (κ2) is 6.49. The number of nitro benzene ring substituents is 1. The van der Waals surface area contributed by atoms with Gasteiger partial charge in [-0.05, 0) is 19.1 Å². The van der Waals surface area contributed by atoms with Crippen LogP contribution in [0.25, 0.3) is 5.82 Å². The maximum absolute atomic E-state index is 11.1. The van der Waals surface area contributed by atoms with E-state index < -0.39 is 0 Å². The summed E-state index contributed by atoms with van der Waals surface area (Å²) in [5.74, 6) is 1.17. The molecule has 0 amide bonds. The molecule has 7 heteroatoms. The van der Waals surface area contributed by atoms with Crippen molar-refractivity contribution in [1.29, 1.82) is 0 Å². The summed E-state index contributed by atoms with van der Waals surface area (Å²) in [6, 6.07) is 14.0. The summed E-state index contributed by atoms with van der Waals surface area (Å²) in [4.78, 5) is 15.2. The van der Waals surface area contributed by atoms with Crippen molar-refractivity contribution in [3.8, 4) is 11.7 Å². The molecule has 0 aliphatic rings. The molecule has 3 aromatic rings. The first-order valence-electron chi connectivity index (χ1n) is 7.37. The normalized spacial score (nSPS) is 10.6. The van der Waals surface area contributed by atoms with E-state index in [1.54, 1.807) is 36.1 Å². The van der Waals surface area contributed by atoms with Crippen molar-refractivity contribution in [2.24, 2.45) is 0 Å². The lowest BCUT2D eigenvalue weighted by Crippen LogP contribution is -2.03. The SMILES string of the molecule is COc1cc(Cc2ccccc2[N+](=O)[O-])nn1-c1cccc(C)n1. The number of methoxy groups -OCH3 is 1. The predicted molar refractivity (Wildman–Crippen MR) is 88.6 cm³/mol. The van der Waals surface area contributed by atoms with Gasteiger partial charge < -0.3 is 4.74 Å². The minimum Gasteiger partial charge on any atom is -0.481 e. The van der Waals surface area contributed by atoms with Crippen LogP contribution in [-0.4, -0.2) is 26.8 Å². The van der Waals surface area contributed by atoms with E-state index in [1.165, 1.54) is 6.07 Å². The fraction of sp³-hybridized carbons (Fsp3) is 0.176.